The fourth-order valence-corrected chi connectivity index (χ4v) is 3.41. The smallest absolute Gasteiger partial charge is 0.398 e. The molecule has 1 aliphatic carbocycles. The Morgan fingerprint density at radius 3 is 2.13 bits per heavy atom. The fraction of sp³-hybridized carbons (Fsp3) is 0.353. The van der Waals surface area contributed by atoms with Gasteiger partial charge in [0.2, 0.25) is 5.91 Å². The topological polar surface area (TPSA) is 55.1 Å². The number of nitrogens with two attached hydrogens (primary N) is 1. The molecule has 1 atom stereocenters. The van der Waals surface area contributed by atoms with E-state index >= 15 is 0 Å². The zero-order valence-corrected chi connectivity index (χ0v) is 16.8. The van der Waals surface area contributed by atoms with Crippen LogP contribution in [0.25, 0.3) is 0 Å². The van der Waals surface area contributed by atoms with Gasteiger partial charge in [-0.25, -0.2) is 4.39 Å². The Kier molecular flexibility index (Phi) is 6.95. The summed E-state index contributed by atoms with van der Waals surface area (Å²) in [5, 5.41) is 1.62. The zero-order chi connectivity index (χ0) is 23.1. The zero-order valence-electron chi connectivity index (χ0n) is 14.6. The van der Waals surface area contributed by atoms with E-state index in [2.05, 4.69) is 5.32 Å². The average molecular weight is 500 g/mol. The van der Waals surface area contributed by atoms with E-state index in [-0.39, 0.29) is 35.0 Å². The molecule has 3 N–H and O–H groups in total. The molecule has 30 heavy (non-hydrogen) atoms. The van der Waals surface area contributed by atoms with Crippen LogP contribution < -0.4 is 11.1 Å². The molecule has 0 aliphatic heterocycles. The molecule has 1 unspecified atom stereocenters. The summed E-state index contributed by atoms with van der Waals surface area (Å²) >= 11 is 17.3. The lowest BCUT2D eigenvalue weighted by Gasteiger charge is -2.31. The maximum atomic E-state index is 14.3. The number of halogens is 10. The molecule has 0 saturated heterocycles. The summed E-state index contributed by atoms with van der Waals surface area (Å²) in [7, 11) is 0. The number of benzene rings is 1. The number of amides is 1. The van der Waals surface area contributed by atoms with Gasteiger partial charge in [-0.3, -0.25) is 4.79 Å². The van der Waals surface area contributed by atoms with Crippen molar-refractivity contribution in [1.29, 1.82) is 0 Å². The van der Waals surface area contributed by atoms with Crippen LogP contribution in [0.15, 0.2) is 35.0 Å². The summed E-state index contributed by atoms with van der Waals surface area (Å²) in [6.45, 7) is 0. The predicted octanol–water partition coefficient (Wildman–Crippen LogP) is 6.29. The number of allylic oxidation sites excluding steroid dienone is 2. The molecule has 0 bridgehead atoms. The van der Waals surface area contributed by atoms with E-state index in [1.165, 1.54) is 12.2 Å². The first-order chi connectivity index (χ1) is 13.6. The molecule has 166 valence electrons. The number of anilines is 1. The van der Waals surface area contributed by atoms with Gasteiger partial charge >= 0.3 is 18.0 Å². The van der Waals surface area contributed by atoms with Crippen molar-refractivity contribution in [2.75, 3.05) is 5.32 Å². The minimum absolute atomic E-state index is 0.0954. The van der Waals surface area contributed by atoms with E-state index in [0.29, 0.717) is 0 Å². The fourth-order valence-electron chi connectivity index (χ4n) is 2.69. The normalized spacial score (nSPS) is 18.0. The number of nitrogens with one attached hydrogen (secondary N) is 1. The van der Waals surface area contributed by atoms with Gasteiger partial charge in [-0.1, -0.05) is 35.4 Å². The van der Waals surface area contributed by atoms with Crippen molar-refractivity contribution < 1.29 is 35.5 Å². The molecule has 0 spiro atoms. The quantitative estimate of drug-likeness (QED) is 0.378. The first kappa shape index (κ1) is 24.6. The van der Waals surface area contributed by atoms with Gasteiger partial charge in [0.15, 0.2) is 0 Å². The average Bonchev–Trinajstić information content (AvgIpc) is 2.62. The molecule has 0 heterocycles. The second kappa shape index (κ2) is 8.47. The lowest BCUT2D eigenvalue weighted by molar-refractivity contribution is -0.348. The monoisotopic (exact) mass is 498 g/mol. The predicted molar refractivity (Wildman–Crippen MR) is 98.8 cm³/mol. The number of rotatable bonds is 4. The second-order valence-corrected chi connectivity index (χ2v) is 7.37. The van der Waals surface area contributed by atoms with Crippen molar-refractivity contribution in [3.63, 3.8) is 0 Å². The molecule has 1 amide bonds. The van der Waals surface area contributed by atoms with E-state index < -0.39 is 51.9 Å². The molecule has 0 saturated carbocycles. The molecule has 0 aromatic heterocycles. The Labute approximate surface area is 180 Å². The lowest BCUT2D eigenvalue weighted by atomic mass is 9.92. The maximum absolute atomic E-state index is 14.3. The van der Waals surface area contributed by atoms with Gasteiger partial charge < -0.3 is 11.1 Å². The van der Waals surface area contributed by atoms with Gasteiger partial charge in [0.05, 0.1) is 21.7 Å². The first-order valence-corrected chi connectivity index (χ1v) is 9.28. The second-order valence-electron chi connectivity index (χ2n) is 6.29. The SMILES string of the molecule is NC1=CCC(C(=O)Nc2c(Cl)cc(C(F)(C(F)(F)F)C(F)(F)F)cc2CCl)C=C1Cl. The van der Waals surface area contributed by atoms with Crippen molar-refractivity contribution in [1.82, 2.24) is 0 Å². The summed E-state index contributed by atoms with van der Waals surface area (Å²) in [6.07, 6.45) is -9.73. The summed E-state index contributed by atoms with van der Waals surface area (Å²) in [5.74, 6) is -2.23. The van der Waals surface area contributed by atoms with Gasteiger partial charge in [-0.15, -0.1) is 11.6 Å². The number of hydrogen-bond donors (Lipinski definition) is 2. The third-order valence-electron chi connectivity index (χ3n) is 4.29. The molecule has 0 radical (unpaired) electrons. The highest BCUT2D eigenvalue weighted by Gasteiger charge is 2.73. The third kappa shape index (κ3) is 4.50. The first-order valence-electron chi connectivity index (χ1n) is 7.99. The molecule has 1 aromatic carbocycles. The van der Waals surface area contributed by atoms with Crippen LogP contribution in [0, 0.1) is 5.92 Å². The van der Waals surface area contributed by atoms with Crippen molar-refractivity contribution in [2.24, 2.45) is 11.7 Å². The molecule has 1 aliphatic rings. The Morgan fingerprint density at radius 1 is 1.10 bits per heavy atom. The van der Waals surface area contributed by atoms with Crippen LogP contribution in [0.1, 0.15) is 17.5 Å². The van der Waals surface area contributed by atoms with Crippen LogP contribution in [0.4, 0.5) is 36.4 Å². The van der Waals surface area contributed by atoms with E-state index in [1.54, 1.807) is 0 Å². The van der Waals surface area contributed by atoms with Crippen molar-refractivity contribution >= 4 is 46.4 Å². The van der Waals surface area contributed by atoms with Gasteiger partial charge in [-0.05, 0) is 24.1 Å². The Balaban J connectivity index is 2.47. The van der Waals surface area contributed by atoms with Crippen LogP contribution in [-0.2, 0) is 16.3 Å². The van der Waals surface area contributed by atoms with Crippen molar-refractivity contribution in [3.8, 4) is 0 Å². The number of hydrogen-bond acceptors (Lipinski definition) is 2. The molecule has 13 heteroatoms. The van der Waals surface area contributed by atoms with E-state index in [4.69, 9.17) is 40.5 Å². The summed E-state index contributed by atoms with van der Waals surface area (Å²) in [4.78, 5) is 12.4. The minimum atomic E-state index is -6.32. The highest BCUT2D eigenvalue weighted by molar-refractivity contribution is 6.34. The Hall–Kier alpha value is -1.65. The molecule has 1 aromatic rings. The summed E-state index contributed by atoms with van der Waals surface area (Å²) < 4.78 is 92.3. The number of alkyl halides is 8. The van der Waals surface area contributed by atoms with Gasteiger partial charge in [0.1, 0.15) is 0 Å². The summed E-state index contributed by atoms with van der Waals surface area (Å²) in [6, 6.07) is 0.410. The minimum Gasteiger partial charge on any atom is -0.398 e. The van der Waals surface area contributed by atoms with E-state index in [0.717, 1.165) is 0 Å². The van der Waals surface area contributed by atoms with Crippen molar-refractivity contribution in [2.45, 2.75) is 30.3 Å². The summed E-state index contributed by atoms with van der Waals surface area (Å²) in [5.41, 5.74) is -2.48. The molecular formula is C17H12Cl3F7N2O. The molecule has 3 nitrogen and oxygen atoms in total. The standard InChI is InChI=1S/C17H12Cl3F7N2O/c18-6-8-3-9(15(21,16(22,23)24)17(25,26)27)5-11(20)13(8)29-14(30)7-1-2-12(28)10(19)4-7/h2-5,7H,1,6,28H2,(H,29,30). The Bertz CT molecular complexity index is 896. The van der Waals surface area contributed by atoms with Crippen LogP contribution in [0.2, 0.25) is 5.02 Å². The van der Waals surface area contributed by atoms with Gasteiger partial charge in [0, 0.05) is 17.1 Å². The third-order valence-corrected chi connectivity index (χ3v) is 5.23. The Morgan fingerprint density at radius 2 is 1.67 bits per heavy atom. The van der Waals surface area contributed by atoms with Crippen LogP contribution >= 0.6 is 34.8 Å². The molecule has 2 rings (SSSR count). The van der Waals surface area contributed by atoms with Crippen LogP contribution in [0.5, 0.6) is 0 Å². The van der Waals surface area contributed by atoms with E-state index in [1.807, 2.05) is 0 Å². The molecular weight excluding hydrogens is 488 g/mol. The number of carbonyl (C=O) groups is 1. The molecule has 0 fully saturated rings. The van der Waals surface area contributed by atoms with Crippen LogP contribution in [0.3, 0.4) is 0 Å². The van der Waals surface area contributed by atoms with E-state index in [9.17, 15) is 35.5 Å². The largest absolute Gasteiger partial charge is 0.435 e. The van der Waals surface area contributed by atoms with Crippen molar-refractivity contribution in [3.05, 3.63) is 51.2 Å². The van der Waals surface area contributed by atoms with Gasteiger partial charge in [-0.2, -0.15) is 26.3 Å². The van der Waals surface area contributed by atoms with Crippen LogP contribution in [-0.4, -0.2) is 18.3 Å². The maximum Gasteiger partial charge on any atom is 0.435 e. The lowest BCUT2D eigenvalue weighted by Crippen LogP contribution is -2.50. The highest BCUT2D eigenvalue weighted by Crippen LogP contribution is 2.54. The van der Waals surface area contributed by atoms with Gasteiger partial charge in [0.25, 0.3) is 0 Å². The highest BCUT2D eigenvalue weighted by atomic mass is 35.5. The number of carbonyl (C=O) groups excluding carboxylic acids is 1.